The summed E-state index contributed by atoms with van der Waals surface area (Å²) in [5, 5.41) is 5.49. The Labute approximate surface area is 81.1 Å². The van der Waals surface area contributed by atoms with Gasteiger partial charge in [0.05, 0.1) is 5.69 Å². The molecule has 0 bridgehead atoms. The highest BCUT2D eigenvalue weighted by Gasteiger charge is 2.41. The van der Waals surface area contributed by atoms with Gasteiger partial charge in [-0.05, 0) is 31.2 Å². The topological polar surface area (TPSA) is 17.8 Å². The maximum atomic E-state index is 4.38. The Morgan fingerprint density at radius 3 is 2.83 bits per heavy atom. The minimum atomic E-state index is 0.526. The molecule has 1 saturated carbocycles. The Morgan fingerprint density at radius 2 is 2.42 bits per heavy atom. The maximum absolute atomic E-state index is 4.38. The van der Waals surface area contributed by atoms with Crippen LogP contribution in [0.5, 0.6) is 0 Å². The molecule has 66 valence electrons. The number of hydrogen-bond acceptors (Lipinski definition) is 1. The molecule has 2 nitrogen and oxygen atoms in total. The van der Waals surface area contributed by atoms with Gasteiger partial charge in [0, 0.05) is 18.1 Å². The number of halogens is 1. The zero-order valence-electron chi connectivity index (χ0n) is 7.26. The van der Waals surface area contributed by atoms with Gasteiger partial charge in [0.25, 0.3) is 0 Å². The smallest absolute Gasteiger partial charge is 0.0593 e. The molecule has 12 heavy (non-hydrogen) atoms. The molecule has 0 saturated heterocycles. The predicted octanol–water partition coefficient (Wildman–Crippen LogP) is 2.37. The largest absolute Gasteiger partial charge is 0.272 e. The van der Waals surface area contributed by atoms with Crippen molar-refractivity contribution in [2.75, 3.05) is 5.33 Å². The fourth-order valence-electron chi connectivity index (χ4n) is 1.41. The third-order valence-corrected chi connectivity index (χ3v) is 3.70. The summed E-state index contributed by atoms with van der Waals surface area (Å²) in [7, 11) is 0. The average Bonchev–Trinajstić information content (AvgIpc) is 2.71. The van der Waals surface area contributed by atoms with Crippen molar-refractivity contribution in [3.8, 4) is 0 Å². The number of aryl methyl sites for hydroxylation is 1. The monoisotopic (exact) mass is 228 g/mol. The average molecular weight is 229 g/mol. The quantitative estimate of drug-likeness (QED) is 0.727. The lowest BCUT2D eigenvalue weighted by Crippen LogP contribution is -2.13. The predicted molar refractivity (Wildman–Crippen MR) is 52.4 cm³/mol. The number of aromatic nitrogens is 2. The molecule has 3 heteroatoms. The van der Waals surface area contributed by atoms with Crippen molar-refractivity contribution in [2.24, 2.45) is 5.41 Å². The lowest BCUT2D eigenvalue weighted by molar-refractivity contribution is 0.440. The van der Waals surface area contributed by atoms with E-state index in [9.17, 15) is 0 Å². The van der Waals surface area contributed by atoms with Gasteiger partial charge >= 0.3 is 0 Å². The van der Waals surface area contributed by atoms with Crippen molar-refractivity contribution in [2.45, 2.75) is 26.3 Å². The van der Waals surface area contributed by atoms with E-state index in [1.165, 1.54) is 12.8 Å². The van der Waals surface area contributed by atoms with Crippen LogP contribution in [0.4, 0.5) is 0 Å². The van der Waals surface area contributed by atoms with Crippen molar-refractivity contribution in [3.05, 3.63) is 18.0 Å². The molecular formula is C9H13BrN2. The van der Waals surface area contributed by atoms with Crippen LogP contribution in [0.2, 0.25) is 0 Å². The molecule has 1 aliphatic rings. The molecular weight excluding hydrogens is 216 g/mol. The molecule has 1 aromatic heterocycles. The van der Waals surface area contributed by atoms with Crippen LogP contribution in [0.25, 0.3) is 0 Å². The Bertz CT molecular complexity index is 276. The highest BCUT2D eigenvalue weighted by atomic mass is 79.9. The normalized spacial score (nSPS) is 19.5. The van der Waals surface area contributed by atoms with E-state index in [1.54, 1.807) is 0 Å². The summed E-state index contributed by atoms with van der Waals surface area (Å²) in [6, 6.07) is 2.06. The van der Waals surface area contributed by atoms with Crippen molar-refractivity contribution in [1.82, 2.24) is 9.78 Å². The zero-order valence-corrected chi connectivity index (χ0v) is 8.84. The number of nitrogens with zero attached hydrogens (tertiary/aromatic N) is 2. The lowest BCUT2D eigenvalue weighted by Gasteiger charge is -2.10. The highest BCUT2D eigenvalue weighted by molar-refractivity contribution is 9.09. The van der Waals surface area contributed by atoms with Crippen LogP contribution in [0.15, 0.2) is 12.3 Å². The van der Waals surface area contributed by atoms with E-state index < -0.39 is 0 Å². The minimum Gasteiger partial charge on any atom is -0.272 e. The molecule has 0 aromatic carbocycles. The first kappa shape index (κ1) is 8.30. The van der Waals surface area contributed by atoms with Crippen LogP contribution in [0.3, 0.4) is 0 Å². The van der Waals surface area contributed by atoms with Crippen molar-refractivity contribution in [3.63, 3.8) is 0 Å². The van der Waals surface area contributed by atoms with Gasteiger partial charge in [0.1, 0.15) is 0 Å². The van der Waals surface area contributed by atoms with Gasteiger partial charge in [-0.25, -0.2) is 0 Å². The van der Waals surface area contributed by atoms with E-state index >= 15 is 0 Å². The summed E-state index contributed by atoms with van der Waals surface area (Å²) in [6.07, 6.45) is 4.76. The van der Waals surface area contributed by atoms with Crippen molar-refractivity contribution < 1.29 is 0 Å². The van der Waals surface area contributed by atoms with Crippen LogP contribution in [-0.4, -0.2) is 15.1 Å². The molecule has 1 aliphatic carbocycles. The fraction of sp³-hybridized carbons (Fsp3) is 0.667. The van der Waals surface area contributed by atoms with Crippen LogP contribution < -0.4 is 0 Å². The van der Waals surface area contributed by atoms with Crippen LogP contribution in [-0.2, 0) is 6.54 Å². The van der Waals surface area contributed by atoms with Crippen LogP contribution in [0.1, 0.15) is 18.5 Å². The summed E-state index contributed by atoms with van der Waals surface area (Å²) >= 11 is 3.56. The van der Waals surface area contributed by atoms with E-state index in [1.807, 2.05) is 6.92 Å². The number of hydrogen-bond donors (Lipinski definition) is 0. The number of alkyl halides is 1. The third-order valence-electron chi connectivity index (χ3n) is 2.51. The Balaban J connectivity index is 2.04. The zero-order chi connectivity index (χ0) is 8.60. The molecule has 0 atom stereocenters. The van der Waals surface area contributed by atoms with Gasteiger partial charge in [-0.2, -0.15) is 5.10 Å². The van der Waals surface area contributed by atoms with E-state index in [-0.39, 0.29) is 0 Å². The molecule has 2 rings (SSSR count). The Hall–Kier alpha value is -0.310. The van der Waals surface area contributed by atoms with Crippen molar-refractivity contribution in [1.29, 1.82) is 0 Å². The van der Waals surface area contributed by atoms with Gasteiger partial charge in [0.15, 0.2) is 0 Å². The second-order valence-electron chi connectivity index (χ2n) is 3.79. The molecule has 0 spiro atoms. The standard InChI is InChI=1S/C9H13BrN2/c1-8-2-5-12(11-8)7-9(6-10)3-4-9/h2,5H,3-4,6-7H2,1H3. The van der Waals surface area contributed by atoms with E-state index in [4.69, 9.17) is 0 Å². The summed E-state index contributed by atoms with van der Waals surface area (Å²) in [5.41, 5.74) is 1.64. The maximum Gasteiger partial charge on any atom is 0.0593 e. The van der Waals surface area contributed by atoms with Gasteiger partial charge in [0.2, 0.25) is 0 Å². The lowest BCUT2D eigenvalue weighted by atomic mass is 10.1. The summed E-state index contributed by atoms with van der Waals surface area (Å²) in [5.74, 6) is 0. The van der Waals surface area contributed by atoms with Crippen molar-refractivity contribution >= 4 is 15.9 Å². The van der Waals surface area contributed by atoms with Gasteiger partial charge in [-0.3, -0.25) is 4.68 Å². The molecule has 0 aliphatic heterocycles. The summed E-state index contributed by atoms with van der Waals surface area (Å²) in [4.78, 5) is 0. The molecule has 0 radical (unpaired) electrons. The van der Waals surface area contributed by atoms with Gasteiger partial charge < -0.3 is 0 Å². The first-order valence-corrected chi connectivity index (χ1v) is 5.42. The Morgan fingerprint density at radius 1 is 1.67 bits per heavy atom. The molecule has 0 amide bonds. The van der Waals surface area contributed by atoms with Crippen LogP contribution >= 0.6 is 15.9 Å². The Kier molecular flexibility index (Phi) is 1.99. The first-order chi connectivity index (χ1) is 5.74. The second-order valence-corrected chi connectivity index (χ2v) is 4.35. The molecule has 0 unspecified atom stereocenters. The third kappa shape index (κ3) is 1.56. The number of rotatable bonds is 3. The molecule has 1 heterocycles. The van der Waals surface area contributed by atoms with Gasteiger partial charge in [-0.1, -0.05) is 15.9 Å². The highest BCUT2D eigenvalue weighted by Crippen LogP contribution is 2.48. The second kappa shape index (κ2) is 2.87. The summed E-state index contributed by atoms with van der Waals surface area (Å²) in [6.45, 7) is 3.11. The molecule has 0 N–H and O–H groups in total. The molecule has 1 aromatic rings. The first-order valence-electron chi connectivity index (χ1n) is 4.30. The summed E-state index contributed by atoms with van der Waals surface area (Å²) < 4.78 is 2.06. The van der Waals surface area contributed by atoms with Crippen LogP contribution in [0, 0.1) is 12.3 Å². The van der Waals surface area contributed by atoms with E-state index in [2.05, 4.69) is 38.0 Å². The SMILES string of the molecule is Cc1ccn(CC2(CBr)CC2)n1. The van der Waals surface area contributed by atoms with E-state index in [0.29, 0.717) is 5.41 Å². The fourth-order valence-corrected chi connectivity index (χ4v) is 2.14. The molecule has 1 fully saturated rings. The minimum absolute atomic E-state index is 0.526. The van der Waals surface area contributed by atoms with E-state index in [0.717, 1.165) is 17.6 Å². The van der Waals surface area contributed by atoms with Gasteiger partial charge in [-0.15, -0.1) is 0 Å².